The molecule has 1 heterocycles. The number of esters is 1. The van der Waals surface area contributed by atoms with Gasteiger partial charge < -0.3 is 9.47 Å². The van der Waals surface area contributed by atoms with E-state index in [-0.39, 0.29) is 23.7 Å². The number of aryl methyl sites for hydroxylation is 1. The lowest BCUT2D eigenvalue weighted by Gasteiger charge is -2.07. The van der Waals surface area contributed by atoms with Crippen molar-refractivity contribution in [3.8, 4) is 0 Å². The number of rotatable bonds is 8. The van der Waals surface area contributed by atoms with E-state index < -0.39 is 15.8 Å². The zero-order valence-corrected chi connectivity index (χ0v) is 12.8. The normalized spacial score (nSPS) is 11.6. The van der Waals surface area contributed by atoms with Crippen LogP contribution in [0, 0.1) is 0 Å². The molecule has 0 aromatic carbocycles. The third-order valence-electron chi connectivity index (χ3n) is 2.72. The first kappa shape index (κ1) is 16.6. The van der Waals surface area contributed by atoms with Gasteiger partial charge in [0.15, 0.2) is 9.84 Å². The molecule has 0 amide bonds. The zero-order valence-electron chi connectivity index (χ0n) is 12.0. The number of aromatic nitrogens is 2. The van der Waals surface area contributed by atoms with Crippen LogP contribution in [0.15, 0.2) is 6.20 Å². The van der Waals surface area contributed by atoms with Gasteiger partial charge in [0.1, 0.15) is 5.56 Å². The molecule has 8 heteroatoms. The first-order valence-electron chi connectivity index (χ1n) is 6.28. The Hall–Kier alpha value is -1.41. The summed E-state index contributed by atoms with van der Waals surface area (Å²) >= 11 is 0. The van der Waals surface area contributed by atoms with Gasteiger partial charge in [-0.1, -0.05) is 0 Å². The lowest BCUT2D eigenvalue weighted by atomic mass is 10.3. The van der Waals surface area contributed by atoms with E-state index >= 15 is 0 Å². The fraction of sp³-hybridized carbons (Fsp3) is 0.667. The Balaban J connectivity index is 2.86. The SMILES string of the molecule is CCOC(=O)c1cnn(C)c1CS(=O)(=O)CCCOC. The molecule has 1 aromatic heterocycles. The zero-order chi connectivity index (χ0) is 15.2. The molecule has 1 aromatic rings. The summed E-state index contributed by atoms with van der Waals surface area (Å²) in [5.74, 6) is -0.780. The van der Waals surface area contributed by atoms with Crippen molar-refractivity contribution in [3.05, 3.63) is 17.5 Å². The Kier molecular flexibility index (Phi) is 6.15. The molecule has 0 aliphatic rings. The van der Waals surface area contributed by atoms with Gasteiger partial charge in [-0.05, 0) is 13.3 Å². The Morgan fingerprint density at radius 3 is 2.75 bits per heavy atom. The summed E-state index contributed by atoms with van der Waals surface area (Å²) in [4.78, 5) is 11.7. The highest BCUT2D eigenvalue weighted by atomic mass is 32.2. The molecule has 0 bridgehead atoms. The Morgan fingerprint density at radius 2 is 2.15 bits per heavy atom. The number of hydrogen-bond donors (Lipinski definition) is 0. The van der Waals surface area contributed by atoms with Gasteiger partial charge in [-0.2, -0.15) is 5.10 Å². The molecule has 0 aliphatic carbocycles. The number of carbonyl (C=O) groups is 1. The van der Waals surface area contributed by atoms with Crippen LogP contribution in [0.25, 0.3) is 0 Å². The van der Waals surface area contributed by atoms with Crippen LogP contribution in [0.1, 0.15) is 29.4 Å². The molecule has 0 spiro atoms. The van der Waals surface area contributed by atoms with Crippen LogP contribution in [-0.2, 0) is 32.1 Å². The maximum Gasteiger partial charge on any atom is 0.341 e. The molecule has 0 unspecified atom stereocenters. The first-order chi connectivity index (χ1) is 9.41. The Labute approximate surface area is 118 Å². The summed E-state index contributed by atoms with van der Waals surface area (Å²) in [6.07, 6.45) is 1.75. The van der Waals surface area contributed by atoms with E-state index in [0.717, 1.165) is 0 Å². The van der Waals surface area contributed by atoms with Crippen molar-refractivity contribution >= 4 is 15.8 Å². The quantitative estimate of drug-likeness (QED) is 0.515. The van der Waals surface area contributed by atoms with Gasteiger partial charge in [-0.15, -0.1) is 0 Å². The molecule has 0 saturated heterocycles. The number of hydrogen-bond acceptors (Lipinski definition) is 6. The van der Waals surface area contributed by atoms with Gasteiger partial charge in [0.25, 0.3) is 0 Å². The first-order valence-corrected chi connectivity index (χ1v) is 8.10. The minimum Gasteiger partial charge on any atom is -0.462 e. The van der Waals surface area contributed by atoms with Crippen LogP contribution < -0.4 is 0 Å². The van der Waals surface area contributed by atoms with Gasteiger partial charge in [0.2, 0.25) is 0 Å². The lowest BCUT2D eigenvalue weighted by Crippen LogP contribution is -2.16. The molecule has 0 radical (unpaired) electrons. The van der Waals surface area contributed by atoms with Crippen molar-refractivity contribution in [1.82, 2.24) is 9.78 Å². The van der Waals surface area contributed by atoms with Gasteiger partial charge in [-0.3, -0.25) is 4.68 Å². The standard InChI is InChI=1S/C12H20N2O5S/c1-4-19-12(15)10-8-13-14(2)11(10)9-20(16,17)7-5-6-18-3/h8H,4-7,9H2,1-3H3. The largest absolute Gasteiger partial charge is 0.462 e. The van der Waals surface area contributed by atoms with Gasteiger partial charge in [0, 0.05) is 20.8 Å². The monoisotopic (exact) mass is 304 g/mol. The minimum atomic E-state index is -3.32. The summed E-state index contributed by atoms with van der Waals surface area (Å²) in [6.45, 7) is 2.30. The number of methoxy groups -OCH3 is 1. The van der Waals surface area contributed by atoms with Crippen molar-refractivity contribution < 1.29 is 22.7 Å². The van der Waals surface area contributed by atoms with Crippen LogP contribution in [0.4, 0.5) is 0 Å². The van der Waals surface area contributed by atoms with E-state index in [2.05, 4.69) is 5.10 Å². The molecule has 0 aliphatic heterocycles. The second-order valence-corrected chi connectivity index (χ2v) is 6.47. The van der Waals surface area contributed by atoms with Crippen molar-refractivity contribution in [2.45, 2.75) is 19.1 Å². The van der Waals surface area contributed by atoms with E-state index in [1.165, 1.54) is 18.0 Å². The molecule has 1 rings (SSSR count). The average Bonchev–Trinajstić information content (AvgIpc) is 2.71. The van der Waals surface area contributed by atoms with Gasteiger partial charge >= 0.3 is 5.97 Å². The summed E-state index contributed by atoms with van der Waals surface area (Å²) in [5.41, 5.74) is 0.547. The second kappa shape index (κ2) is 7.39. The van der Waals surface area contributed by atoms with E-state index in [0.29, 0.717) is 18.7 Å². The third-order valence-corrected chi connectivity index (χ3v) is 4.34. The van der Waals surface area contributed by atoms with E-state index in [1.807, 2.05) is 0 Å². The predicted octanol–water partition coefficient (Wildman–Crippen LogP) is 0.548. The third kappa shape index (κ3) is 4.61. The molecular formula is C12H20N2O5S. The highest BCUT2D eigenvalue weighted by molar-refractivity contribution is 7.90. The number of ether oxygens (including phenoxy) is 2. The fourth-order valence-corrected chi connectivity index (χ4v) is 3.18. The summed E-state index contributed by atoms with van der Waals surface area (Å²) in [5, 5.41) is 3.93. The number of sulfone groups is 1. The lowest BCUT2D eigenvalue weighted by molar-refractivity contribution is 0.0525. The van der Waals surface area contributed by atoms with Crippen LogP contribution in [0.3, 0.4) is 0 Å². The van der Waals surface area contributed by atoms with Crippen LogP contribution in [0.2, 0.25) is 0 Å². The number of nitrogens with zero attached hydrogens (tertiary/aromatic N) is 2. The Morgan fingerprint density at radius 1 is 1.45 bits per heavy atom. The van der Waals surface area contributed by atoms with Crippen LogP contribution in [-0.4, -0.2) is 50.2 Å². The van der Waals surface area contributed by atoms with Gasteiger partial charge in [-0.25, -0.2) is 13.2 Å². The van der Waals surface area contributed by atoms with E-state index in [4.69, 9.17) is 9.47 Å². The predicted molar refractivity (Wildman–Crippen MR) is 73.1 cm³/mol. The van der Waals surface area contributed by atoms with Crippen LogP contribution >= 0.6 is 0 Å². The van der Waals surface area contributed by atoms with E-state index in [1.54, 1.807) is 14.0 Å². The van der Waals surface area contributed by atoms with Crippen molar-refractivity contribution in [1.29, 1.82) is 0 Å². The van der Waals surface area contributed by atoms with Gasteiger partial charge in [0.05, 0.1) is 30.0 Å². The smallest absolute Gasteiger partial charge is 0.341 e. The van der Waals surface area contributed by atoms with Crippen molar-refractivity contribution in [2.75, 3.05) is 26.1 Å². The number of carbonyl (C=O) groups excluding carboxylic acids is 1. The topological polar surface area (TPSA) is 87.5 Å². The molecule has 0 atom stereocenters. The molecule has 0 N–H and O–H groups in total. The highest BCUT2D eigenvalue weighted by Gasteiger charge is 2.22. The fourth-order valence-electron chi connectivity index (χ4n) is 1.72. The summed E-state index contributed by atoms with van der Waals surface area (Å²) in [6, 6.07) is 0. The molecule has 0 saturated carbocycles. The maximum absolute atomic E-state index is 12.0. The maximum atomic E-state index is 12.0. The van der Waals surface area contributed by atoms with Crippen molar-refractivity contribution in [3.63, 3.8) is 0 Å². The second-order valence-electron chi connectivity index (χ2n) is 4.29. The summed E-state index contributed by atoms with van der Waals surface area (Å²) in [7, 11) is -0.198. The van der Waals surface area contributed by atoms with Crippen molar-refractivity contribution in [2.24, 2.45) is 7.05 Å². The van der Waals surface area contributed by atoms with E-state index in [9.17, 15) is 13.2 Å². The van der Waals surface area contributed by atoms with Crippen LogP contribution in [0.5, 0.6) is 0 Å². The summed E-state index contributed by atoms with van der Waals surface area (Å²) < 4.78 is 35.1. The minimum absolute atomic E-state index is 0.00822. The Bertz CT molecular complexity index is 550. The molecule has 0 fully saturated rings. The highest BCUT2D eigenvalue weighted by Crippen LogP contribution is 2.14. The molecule has 20 heavy (non-hydrogen) atoms. The molecular weight excluding hydrogens is 284 g/mol. The molecule has 7 nitrogen and oxygen atoms in total. The molecule has 114 valence electrons. The average molecular weight is 304 g/mol.